The van der Waals surface area contributed by atoms with Crippen LogP contribution in [0.3, 0.4) is 0 Å². The second-order valence-electron chi connectivity index (χ2n) is 7.11. The molecule has 0 atom stereocenters. The molecule has 2 aromatic heterocycles. The van der Waals surface area contributed by atoms with Crippen LogP contribution in [0.1, 0.15) is 17.5 Å². The third-order valence-corrected chi connectivity index (χ3v) is 5.69. The first-order valence-corrected chi connectivity index (χ1v) is 10.3. The molecule has 5 nitrogen and oxygen atoms in total. The Labute approximate surface area is 172 Å². The lowest BCUT2D eigenvalue weighted by Crippen LogP contribution is -2.23. The first-order chi connectivity index (χ1) is 14.0. The molecule has 1 amide bonds. The van der Waals surface area contributed by atoms with Crippen molar-refractivity contribution >= 4 is 33.1 Å². The molecule has 29 heavy (non-hydrogen) atoms. The third-order valence-electron chi connectivity index (χ3n) is 4.80. The standard InChI is InChI=1S/C23H21N3O2S/c1-15-6-8-17(9-7-15)19-13-29-22-21(19)23(28)26(14-24-22)11-10-20(27)25-18-5-3-4-16(2)12-18/h3-9,12-14H,10-11H2,1-2H3,(H,25,27). The van der Waals surface area contributed by atoms with Crippen LogP contribution >= 0.6 is 11.3 Å². The van der Waals surface area contributed by atoms with Crippen molar-refractivity contribution in [1.82, 2.24) is 9.55 Å². The number of benzene rings is 2. The molecule has 0 radical (unpaired) electrons. The van der Waals surface area contributed by atoms with E-state index in [-0.39, 0.29) is 24.4 Å². The quantitative estimate of drug-likeness (QED) is 0.522. The first-order valence-electron chi connectivity index (χ1n) is 9.41. The fourth-order valence-corrected chi connectivity index (χ4v) is 4.15. The molecule has 0 unspecified atom stereocenters. The fraction of sp³-hybridized carbons (Fsp3) is 0.174. The van der Waals surface area contributed by atoms with Gasteiger partial charge in [0.1, 0.15) is 4.83 Å². The zero-order valence-electron chi connectivity index (χ0n) is 16.3. The van der Waals surface area contributed by atoms with Crippen LogP contribution in [0, 0.1) is 13.8 Å². The molecule has 0 bridgehead atoms. The van der Waals surface area contributed by atoms with Gasteiger partial charge >= 0.3 is 0 Å². The van der Waals surface area contributed by atoms with Crippen LogP contribution in [0.4, 0.5) is 5.69 Å². The Kier molecular flexibility index (Phi) is 5.27. The van der Waals surface area contributed by atoms with Crippen molar-refractivity contribution in [3.63, 3.8) is 0 Å². The molecule has 0 aliphatic carbocycles. The summed E-state index contributed by atoms with van der Waals surface area (Å²) >= 11 is 1.46. The molecule has 146 valence electrons. The average Bonchev–Trinajstić information content (AvgIpc) is 3.13. The maximum absolute atomic E-state index is 13.1. The van der Waals surface area contributed by atoms with E-state index in [0.717, 1.165) is 22.4 Å². The van der Waals surface area contributed by atoms with Crippen LogP contribution in [0.15, 0.2) is 65.0 Å². The third kappa shape index (κ3) is 4.12. The van der Waals surface area contributed by atoms with E-state index in [9.17, 15) is 9.59 Å². The highest BCUT2D eigenvalue weighted by Gasteiger charge is 2.14. The largest absolute Gasteiger partial charge is 0.326 e. The van der Waals surface area contributed by atoms with E-state index in [4.69, 9.17) is 0 Å². The Morgan fingerprint density at radius 2 is 1.90 bits per heavy atom. The summed E-state index contributed by atoms with van der Waals surface area (Å²) in [5.41, 5.74) is 4.78. The van der Waals surface area contributed by atoms with E-state index in [2.05, 4.69) is 10.3 Å². The monoisotopic (exact) mass is 403 g/mol. The molecular formula is C23H21N3O2S. The van der Waals surface area contributed by atoms with Gasteiger partial charge in [0, 0.05) is 29.6 Å². The molecule has 4 rings (SSSR count). The SMILES string of the molecule is Cc1ccc(-c2csc3ncn(CCC(=O)Nc4cccc(C)c4)c(=O)c23)cc1. The number of anilines is 1. The topological polar surface area (TPSA) is 64.0 Å². The number of nitrogens with zero attached hydrogens (tertiary/aromatic N) is 2. The summed E-state index contributed by atoms with van der Waals surface area (Å²) in [5, 5.41) is 5.46. The highest BCUT2D eigenvalue weighted by molar-refractivity contribution is 7.17. The number of hydrogen-bond acceptors (Lipinski definition) is 4. The van der Waals surface area contributed by atoms with E-state index >= 15 is 0 Å². The Morgan fingerprint density at radius 3 is 2.66 bits per heavy atom. The molecule has 4 aromatic rings. The van der Waals surface area contributed by atoms with Crippen LogP contribution < -0.4 is 10.9 Å². The number of fused-ring (bicyclic) bond motifs is 1. The van der Waals surface area contributed by atoms with Gasteiger partial charge in [-0.1, -0.05) is 42.0 Å². The maximum Gasteiger partial charge on any atom is 0.262 e. The fourth-order valence-electron chi connectivity index (χ4n) is 3.24. The van der Waals surface area contributed by atoms with Crippen molar-refractivity contribution in [2.75, 3.05) is 5.32 Å². The number of amides is 1. The summed E-state index contributed by atoms with van der Waals surface area (Å²) in [6, 6.07) is 15.7. The number of hydrogen-bond donors (Lipinski definition) is 1. The minimum atomic E-state index is -0.133. The van der Waals surface area contributed by atoms with Gasteiger partial charge in [0.2, 0.25) is 5.91 Å². The summed E-state index contributed by atoms with van der Waals surface area (Å²) in [7, 11) is 0. The molecule has 1 N–H and O–H groups in total. The van der Waals surface area contributed by atoms with Crippen molar-refractivity contribution in [2.45, 2.75) is 26.8 Å². The van der Waals surface area contributed by atoms with Crippen molar-refractivity contribution < 1.29 is 4.79 Å². The van der Waals surface area contributed by atoms with Gasteiger partial charge in [-0.3, -0.25) is 14.2 Å². The number of aromatic nitrogens is 2. The second kappa shape index (κ2) is 8.01. The van der Waals surface area contributed by atoms with E-state index in [1.54, 1.807) is 0 Å². The van der Waals surface area contributed by atoms with Crippen molar-refractivity contribution in [3.8, 4) is 11.1 Å². The number of aryl methyl sites for hydroxylation is 3. The zero-order chi connectivity index (χ0) is 20.4. The predicted molar refractivity (Wildman–Crippen MR) is 118 cm³/mol. The summed E-state index contributed by atoms with van der Waals surface area (Å²) in [6.07, 6.45) is 1.73. The number of carbonyl (C=O) groups excluding carboxylic acids is 1. The minimum absolute atomic E-state index is 0.116. The average molecular weight is 404 g/mol. The molecule has 0 fully saturated rings. The molecule has 0 aliphatic heterocycles. The summed E-state index contributed by atoms with van der Waals surface area (Å²) in [6.45, 7) is 4.29. The Balaban J connectivity index is 1.56. The van der Waals surface area contributed by atoms with E-state index in [0.29, 0.717) is 10.2 Å². The van der Waals surface area contributed by atoms with Gasteiger partial charge in [-0.2, -0.15) is 0 Å². The highest BCUT2D eigenvalue weighted by Crippen LogP contribution is 2.30. The summed E-state index contributed by atoms with van der Waals surface area (Å²) in [5.74, 6) is -0.133. The molecule has 2 heterocycles. The van der Waals surface area contributed by atoms with Crippen LogP contribution in [0.2, 0.25) is 0 Å². The van der Waals surface area contributed by atoms with Gasteiger partial charge in [0.25, 0.3) is 5.56 Å². The van der Waals surface area contributed by atoms with Gasteiger partial charge in [-0.15, -0.1) is 11.3 Å². The Bertz CT molecular complexity index is 1240. The lowest BCUT2D eigenvalue weighted by Gasteiger charge is -2.08. The molecule has 2 aromatic carbocycles. The van der Waals surface area contributed by atoms with Crippen molar-refractivity contribution in [1.29, 1.82) is 0 Å². The second-order valence-corrected chi connectivity index (χ2v) is 7.96. The minimum Gasteiger partial charge on any atom is -0.326 e. The van der Waals surface area contributed by atoms with Crippen LogP contribution in [0.5, 0.6) is 0 Å². The van der Waals surface area contributed by atoms with Crippen molar-refractivity contribution in [3.05, 3.63) is 81.7 Å². The lowest BCUT2D eigenvalue weighted by atomic mass is 10.1. The van der Waals surface area contributed by atoms with E-state index < -0.39 is 0 Å². The molecular weight excluding hydrogens is 382 g/mol. The maximum atomic E-state index is 13.1. The Hall–Kier alpha value is -3.25. The van der Waals surface area contributed by atoms with Crippen LogP contribution in [0.25, 0.3) is 21.3 Å². The molecule has 0 aliphatic rings. The smallest absolute Gasteiger partial charge is 0.262 e. The summed E-state index contributed by atoms with van der Waals surface area (Å²) in [4.78, 5) is 30.5. The Morgan fingerprint density at radius 1 is 1.10 bits per heavy atom. The normalized spacial score (nSPS) is 11.0. The van der Waals surface area contributed by atoms with Gasteiger partial charge < -0.3 is 5.32 Å². The zero-order valence-corrected chi connectivity index (χ0v) is 17.1. The van der Waals surface area contributed by atoms with E-state index in [1.807, 2.05) is 67.8 Å². The molecule has 0 saturated heterocycles. The number of rotatable bonds is 5. The number of carbonyl (C=O) groups is 1. The van der Waals surface area contributed by atoms with Gasteiger partial charge in [-0.25, -0.2) is 4.98 Å². The van der Waals surface area contributed by atoms with Gasteiger partial charge in [0.15, 0.2) is 0 Å². The van der Waals surface area contributed by atoms with Crippen LogP contribution in [-0.2, 0) is 11.3 Å². The molecule has 0 spiro atoms. The lowest BCUT2D eigenvalue weighted by molar-refractivity contribution is -0.116. The number of nitrogens with one attached hydrogen (secondary N) is 1. The van der Waals surface area contributed by atoms with E-state index in [1.165, 1.54) is 27.8 Å². The van der Waals surface area contributed by atoms with Gasteiger partial charge in [0.05, 0.1) is 11.7 Å². The highest BCUT2D eigenvalue weighted by atomic mass is 32.1. The first kappa shape index (κ1) is 19.1. The van der Waals surface area contributed by atoms with Crippen molar-refractivity contribution in [2.24, 2.45) is 0 Å². The number of thiophene rings is 1. The predicted octanol–water partition coefficient (Wildman–Crippen LogP) is 4.77. The molecule has 6 heteroatoms. The molecule has 0 saturated carbocycles. The summed E-state index contributed by atoms with van der Waals surface area (Å²) < 4.78 is 1.52. The van der Waals surface area contributed by atoms with Crippen LogP contribution in [-0.4, -0.2) is 15.5 Å². The van der Waals surface area contributed by atoms with Gasteiger partial charge in [-0.05, 0) is 37.1 Å².